The fraction of sp³-hybridized carbons (Fsp3) is 0.471. The second-order valence-corrected chi connectivity index (χ2v) is 6.20. The van der Waals surface area contributed by atoms with Gasteiger partial charge < -0.3 is 10.2 Å². The van der Waals surface area contributed by atoms with E-state index in [-0.39, 0.29) is 11.8 Å². The molecule has 0 unspecified atom stereocenters. The second kappa shape index (κ2) is 6.50. The van der Waals surface area contributed by atoms with Crippen molar-refractivity contribution in [1.29, 1.82) is 0 Å². The fourth-order valence-corrected chi connectivity index (χ4v) is 3.12. The molecule has 0 radical (unpaired) electrons. The van der Waals surface area contributed by atoms with Gasteiger partial charge in [0, 0.05) is 44.7 Å². The Morgan fingerprint density at radius 2 is 1.96 bits per heavy atom. The van der Waals surface area contributed by atoms with Gasteiger partial charge in [0.1, 0.15) is 0 Å². The Hall–Kier alpha value is -2.21. The number of nitrogens with one attached hydrogen (secondary N) is 1. The van der Waals surface area contributed by atoms with Gasteiger partial charge in [0.15, 0.2) is 5.78 Å². The number of carbonyl (C=O) groups excluding carboxylic acids is 3. The Morgan fingerprint density at radius 1 is 1.22 bits per heavy atom. The second-order valence-electron chi connectivity index (χ2n) is 6.20. The SMILES string of the molecule is Cc1ccc(C(=O)CCN2CCN3C(=O)C(=O)NC[C@H]3C2)cc1. The Labute approximate surface area is 135 Å². The Balaban J connectivity index is 1.52. The van der Waals surface area contributed by atoms with E-state index in [2.05, 4.69) is 10.2 Å². The minimum Gasteiger partial charge on any atom is -0.346 e. The topological polar surface area (TPSA) is 69.7 Å². The van der Waals surface area contributed by atoms with Crippen LogP contribution in [0.3, 0.4) is 0 Å². The normalized spacial score (nSPS) is 21.8. The van der Waals surface area contributed by atoms with Gasteiger partial charge in [-0.3, -0.25) is 19.3 Å². The third-order valence-corrected chi connectivity index (χ3v) is 4.55. The number of carbonyl (C=O) groups is 3. The van der Waals surface area contributed by atoms with Crippen LogP contribution in [0.25, 0.3) is 0 Å². The summed E-state index contributed by atoms with van der Waals surface area (Å²) in [6, 6.07) is 7.64. The highest BCUT2D eigenvalue weighted by atomic mass is 16.2. The van der Waals surface area contributed by atoms with Crippen molar-refractivity contribution < 1.29 is 14.4 Å². The molecule has 2 fully saturated rings. The van der Waals surface area contributed by atoms with Gasteiger partial charge in [-0.25, -0.2) is 0 Å². The fourth-order valence-electron chi connectivity index (χ4n) is 3.12. The molecule has 1 aromatic rings. The molecule has 2 heterocycles. The molecule has 2 saturated heterocycles. The van der Waals surface area contributed by atoms with Crippen molar-refractivity contribution in [1.82, 2.24) is 15.1 Å². The summed E-state index contributed by atoms with van der Waals surface area (Å²) in [6.07, 6.45) is 0.468. The predicted molar refractivity (Wildman–Crippen MR) is 85.1 cm³/mol. The highest BCUT2D eigenvalue weighted by Crippen LogP contribution is 2.14. The Kier molecular flexibility index (Phi) is 4.43. The largest absolute Gasteiger partial charge is 0.346 e. The van der Waals surface area contributed by atoms with Gasteiger partial charge in [0.25, 0.3) is 0 Å². The van der Waals surface area contributed by atoms with Gasteiger partial charge >= 0.3 is 11.8 Å². The molecular formula is C17H21N3O3. The van der Waals surface area contributed by atoms with Gasteiger partial charge in [-0.1, -0.05) is 29.8 Å². The van der Waals surface area contributed by atoms with E-state index in [9.17, 15) is 14.4 Å². The van der Waals surface area contributed by atoms with Crippen LogP contribution in [0.5, 0.6) is 0 Å². The molecule has 2 aliphatic heterocycles. The van der Waals surface area contributed by atoms with Crippen molar-refractivity contribution >= 4 is 17.6 Å². The van der Waals surface area contributed by atoms with E-state index >= 15 is 0 Å². The highest BCUT2D eigenvalue weighted by Gasteiger charge is 2.37. The van der Waals surface area contributed by atoms with Crippen LogP contribution in [-0.4, -0.2) is 66.2 Å². The molecule has 1 N–H and O–H groups in total. The smallest absolute Gasteiger partial charge is 0.312 e. The first-order valence-corrected chi connectivity index (χ1v) is 7.95. The van der Waals surface area contributed by atoms with Crippen molar-refractivity contribution in [3.63, 3.8) is 0 Å². The average Bonchev–Trinajstić information content (AvgIpc) is 2.56. The van der Waals surface area contributed by atoms with E-state index in [1.54, 1.807) is 4.90 Å². The third kappa shape index (κ3) is 3.42. The monoisotopic (exact) mass is 315 g/mol. The number of benzene rings is 1. The number of amides is 2. The zero-order valence-electron chi connectivity index (χ0n) is 13.2. The van der Waals surface area contributed by atoms with Gasteiger partial charge in [-0.05, 0) is 6.92 Å². The molecule has 2 aliphatic rings. The maximum atomic E-state index is 12.2. The summed E-state index contributed by atoms with van der Waals surface area (Å²) >= 11 is 0. The Morgan fingerprint density at radius 3 is 2.70 bits per heavy atom. The molecule has 0 aromatic heterocycles. The van der Waals surface area contributed by atoms with Gasteiger partial charge in [-0.2, -0.15) is 0 Å². The van der Waals surface area contributed by atoms with E-state index < -0.39 is 11.8 Å². The zero-order chi connectivity index (χ0) is 16.4. The first-order valence-electron chi connectivity index (χ1n) is 7.95. The molecule has 0 aliphatic carbocycles. The first kappa shape index (κ1) is 15.7. The standard InChI is InChI=1S/C17H21N3O3/c1-12-2-4-13(5-3-12)15(21)6-7-19-8-9-20-14(11-19)10-18-16(22)17(20)23/h2-5,14H,6-11H2,1H3,(H,18,22)/t14-/m0/s1. The summed E-state index contributed by atoms with van der Waals surface area (Å²) in [5, 5.41) is 2.62. The highest BCUT2D eigenvalue weighted by molar-refractivity contribution is 6.35. The minimum absolute atomic E-state index is 0.0171. The molecule has 122 valence electrons. The first-order chi connectivity index (χ1) is 11.0. The molecule has 6 heteroatoms. The van der Waals surface area contributed by atoms with Gasteiger partial charge in [0.05, 0.1) is 6.04 Å². The molecule has 6 nitrogen and oxygen atoms in total. The van der Waals surface area contributed by atoms with Crippen LogP contribution in [0.15, 0.2) is 24.3 Å². The van der Waals surface area contributed by atoms with Gasteiger partial charge in [0.2, 0.25) is 0 Å². The summed E-state index contributed by atoms with van der Waals surface area (Å²) in [5.41, 5.74) is 1.89. The van der Waals surface area contributed by atoms with E-state index in [1.165, 1.54) is 0 Å². The van der Waals surface area contributed by atoms with Crippen molar-refractivity contribution in [2.45, 2.75) is 19.4 Å². The van der Waals surface area contributed by atoms with Crippen LogP contribution in [0, 0.1) is 6.92 Å². The number of hydrogen-bond donors (Lipinski definition) is 1. The van der Waals surface area contributed by atoms with Gasteiger partial charge in [-0.15, -0.1) is 0 Å². The lowest BCUT2D eigenvalue weighted by atomic mass is 10.1. The number of fused-ring (bicyclic) bond motifs is 1. The maximum Gasteiger partial charge on any atom is 0.312 e. The van der Waals surface area contributed by atoms with E-state index in [0.717, 1.165) is 11.1 Å². The zero-order valence-corrected chi connectivity index (χ0v) is 13.2. The van der Waals surface area contributed by atoms with E-state index in [0.29, 0.717) is 39.1 Å². The van der Waals surface area contributed by atoms with E-state index in [1.807, 2.05) is 31.2 Å². The molecule has 2 amide bonds. The number of Topliss-reactive ketones (excluding diaryl/α,β-unsaturated/α-hetero) is 1. The lowest BCUT2D eigenvalue weighted by molar-refractivity contribution is -0.152. The van der Waals surface area contributed by atoms with Crippen LogP contribution in [0.2, 0.25) is 0 Å². The molecule has 0 spiro atoms. The molecule has 1 atom stereocenters. The average molecular weight is 315 g/mol. The van der Waals surface area contributed by atoms with Crippen molar-refractivity contribution in [3.05, 3.63) is 35.4 Å². The van der Waals surface area contributed by atoms with Crippen LogP contribution in [-0.2, 0) is 9.59 Å². The summed E-state index contributed by atoms with van der Waals surface area (Å²) in [6.45, 7) is 5.13. The lowest BCUT2D eigenvalue weighted by Crippen LogP contribution is -2.65. The predicted octanol–water partition coefficient (Wildman–Crippen LogP) is 0.210. The summed E-state index contributed by atoms with van der Waals surface area (Å²) in [4.78, 5) is 39.2. The molecule has 23 heavy (non-hydrogen) atoms. The number of piperazine rings is 2. The molecule has 0 saturated carbocycles. The van der Waals surface area contributed by atoms with Crippen LogP contribution in [0.4, 0.5) is 0 Å². The number of rotatable bonds is 4. The lowest BCUT2D eigenvalue weighted by Gasteiger charge is -2.43. The quantitative estimate of drug-likeness (QED) is 0.637. The Bertz CT molecular complexity index is 626. The summed E-state index contributed by atoms with van der Waals surface area (Å²) in [5.74, 6) is -0.804. The van der Waals surface area contributed by atoms with Crippen molar-refractivity contribution in [2.75, 3.05) is 32.7 Å². The van der Waals surface area contributed by atoms with Crippen LogP contribution < -0.4 is 5.32 Å². The molecule has 3 rings (SSSR count). The van der Waals surface area contributed by atoms with Crippen molar-refractivity contribution in [2.24, 2.45) is 0 Å². The number of nitrogens with zero attached hydrogens (tertiary/aromatic N) is 2. The van der Waals surface area contributed by atoms with Crippen LogP contribution >= 0.6 is 0 Å². The number of ketones is 1. The summed E-state index contributed by atoms with van der Waals surface area (Å²) < 4.78 is 0. The van der Waals surface area contributed by atoms with E-state index in [4.69, 9.17) is 0 Å². The van der Waals surface area contributed by atoms with Crippen molar-refractivity contribution in [3.8, 4) is 0 Å². The number of aryl methyl sites for hydroxylation is 1. The van der Waals surface area contributed by atoms with Crippen LogP contribution in [0.1, 0.15) is 22.3 Å². The molecular weight excluding hydrogens is 294 g/mol. The number of hydrogen-bond acceptors (Lipinski definition) is 4. The molecule has 1 aromatic carbocycles. The summed E-state index contributed by atoms with van der Waals surface area (Å²) in [7, 11) is 0. The molecule has 0 bridgehead atoms. The minimum atomic E-state index is -0.510. The third-order valence-electron chi connectivity index (χ3n) is 4.55. The maximum absolute atomic E-state index is 12.2.